The topological polar surface area (TPSA) is 55.1 Å². The number of nitrogens with one attached hydrogen (secondary N) is 1. The number of hydrogen-bond donors (Lipinski definition) is 2. The van der Waals surface area contributed by atoms with Gasteiger partial charge in [-0.15, -0.1) is 0 Å². The maximum Gasteiger partial charge on any atom is 0.251 e. The predicted molar refractivity (Wildman–Crippen MR) is 58.2 cm³/mol. The summed E-state index contributed by atoms with van der Waals surface area (Å²) in [4.78, 5) is 11.6. The quantitative estimate of drug-likeness (QED) is 0.716. The molecule has 1 aromatic rings. The molecule has 3 nitrogen and oxygen atoms in total. The van der Waals surface area contributed by atoms with Crippen molar-refractivity contribution in [1.29, 1.82) is 0 Å². The largest absolute Gasteiger partial charge is 0.399 e. The number of aryl methyl sites for hydroxylation is 1. The molecule has 76 valence electrons. The third kappa shape index (κ3) is 2.49. The maximum atomic E-state index is 11.6. The minimum absolute atomic E-state index is 0.0237. The molecule has 3 N–H and O–H groups in total. The van der Waals surface area contributed by atoms with E-state index < -0.39 is 0 Å². The molecule has 3 heteroatoms. The third-order valence-electron chi connectivity index (χ3n) is 2.03. The number of carbonyl (C=O) groups is 1. The summed E-state index contributed by atoms with van der Waals surface area (Å²) in [5, 5.41) is 2.83. The van der Waals surface area contributed by atoms with Gasteiger partial charge in [0.25, 0.3) is 5.91 Å². The van der Waals surface area contributed by atoms with Gasteiger partial charge in [0.2, 0.25) is 0 Å². The van der Waals surface area contributed by atoms with E-state index in [4.69, 9.17) is 5.73 Å². The molecule has 0 heterocycles. The molecule has 0 aliphatic heterocycles. The van der Waals surface area contributed by atoms with E-state index >= 15 is 0 Å². The molecule has 0 saturated carbocycles. The maximum absolute atomic E-state index is 11.6. The molecular formula is C11H16N2O. The van der Waals surface area contributed by atoms with Crippen molar-refractivity contribution in [2.24, 2.45) is 0 Å². The Balaban J connectivity index is 2.80. The Hall–Kier alpha value is -1.51. The van der Waals surface area contributed by atoms with E-state index in [1.165, 1.54) is 0 Å². The number of nitrogen functional groups attached to an aromatic ring is 1. The van der Waals surface area contributed by atoms with Gasteiger partial charge in [-0.3, -0.25) is 4.79 Å². The summed E-state index contributed by atoms with van der Waals surface area (Å²) in [5.74, 6) is -0.0237. The van der Waals surface area contributed by atoms with E-state index in [0.717, 1.165) is 12.0 Å². The fourth-order valence-corrected chi connectivity index (χ4v) is 1.28. The first kappa shape index (κ1) is 10.6. The summed E-state index contributed by atoms with van der Waals surface area (Å²) in [6, 6.07) is 5.31. The molecule has 0 spiro atoms. The summed E-state index contributed by atoms with van der Waals surface area (Å²) < 4.78 is 0. The minimum Gasteiger partial charge on any atom is -0.399 e. The summed E-state index contributed by atoms with van der Waals surface area (Å²) in [6.45, 7) is 4.62. The average Bonchev–Trinajstić information content (AvgIpc) is 2.14. The van der Waals surface area contributed by atoms with Crippen LogP contribution < -0.4 is 11.1 Å². The molecule has 0 aliphatic carbocycles. The van der Waals surface area contributed by atoms with Gasteiger partial charge in [0.15, 0.2) is 0 Å². The summed E-state index contributed by atoms with van der Waals surface area (Å²) in [5.41, 5.74) is 7.90. The monoisotopic (exact) mass is 192 g/mol. The molecule has 0 aliphatic rings. The normalized spacial score (nSPS) is 9.86. The van der Waals surface area contributed by atoms with Gasteiger partial charge in [-0.1, -0.05) is 6.92 Å². The van der Waals surface area contributed by atoms with Crippen molar-refractivity contribution in [2.45, 2.75) is 20.3 Å². The first-order valence-electron chi connectivity index (χ1n) is 4.79. The van der Waals surface area contributed by atoms with Crippen LogP contribution in [0.1, 0.15) is 29.3 Å². The first-order chi connectivity index (χ1) is 6.65. The Labute approximate surface area is 84.3 Å². The molecule has 1 aromatic carbocycles. The molecule has 0 radical (unpaired) electrons. The SMILES string of the molecule is CCCNC(=O)c1ccc(N)cc1C. The highest BCUT2D eigenvalue weighted by atomic mass is 16.1. The number of nitrogens with two attached hydrogens (primary N) is 1. The van der Waals surface area contributed by atoms with Crippen LogP contribution in [-0.4, -0.2) is 12.5 Å². The van der Waals surface area contributed by atoms with Crippen molar-refractivity contribution >= 4 is 11.6 Å². The number of rotatable bonds is 3. The Morgan fingerprint density at radius 3 is 2.79 bits per heavy atom. The van der Waals surface area contributed by atoms with Crippen molar-refractivity contribution < 1.29 is 4.79 Å². The van der Waals surface area contributed by atoms with Crippen LogP contribution in [0.2, 0.25) is 0 Å². The van der Waals surface area contributed by atoms with Crippen LogP contribution >= 0.6 is 0 Å². The minimum atomic E-state index is -0.0237. The molecule has 0 saturated heterocycles. The van der Waals surface area contributed by atoms with Crippen molar-refractivity contribution in [3.8, 4) is 0 Å². The van der Waals surface area contributed by atoms with E-state index in [-0.39, 0.29) is 5.91 Å². The van der Waals surface area contributed by atoms with E-state index in [9.17, 15) is 4.79 Å². The van der Waals surface area contributed by atoms with Gasteiger partial charge in [0.1, 0.15) is 0 Å². The van der Waals surface area contributed by atoms with Crippen LogP contribution in [-0.2, 0) is 0 Å². The van der Waals surface area contributed by atoms with Gasteiger partial charge in [0.05, 0.1) is 0 Å². The molecule has 0 bridgehead atoms. The van der Waals surface area contributed by atoms with Crippen LogP contribution in [0.3, 0.4) is 0 Å². The van der Waals surface area contributed by atoms with Crippen LogP contribution in [0.5, 0.6) is 0 Å². The Kier molecular flexibility index (Phi) is 3.51. The van der Waals surface area contributed by atoms with Gasteiger partial charge in [-0.2, -0.15) is 0 Å². The number of carbonyl (C=O) groups excluding carboxylic acids is 1. The zero-order chi connectivity index (χ0) is 10.6. The number of anilines is 1. The van der Waals surface area contributed by atoms with E-state index in [1.54, 1.807) is 18.2 Å². The molecule has 0 aromatic heterocycles. The third-order valence-corrected chi connectivity index (χ3v) is 2.03. The number of hydrogen-bond acceptors (Lipinski definition) is 2. The molecule has 0 unspecified atom stereocenters. The lowest BCUT2D eigenvalue weighted by molar-refractivity contribution is 0.0953. The van der Waals surface area contributed by atoms with E-state index in [0.29, 0.717) is 17.8 Å². The van der Waals surface area contributed by atoms with Crippen LogP contribution in [0.15, 0.2) is 18.2 Å². The summed E-state index contributed by atoms with van der Waals surface area (Å²) in [7, 11) is 0. The van der Waals surface area contributed by atoms with Gasteiger partial charge in [-0.05, 0) is 37.1 Å². The number of amides is 1. The Morgan fingerprint density at radius 2 is 2.21 bits per heavy atom. The van der Waals surface area contributed by atoms with Crippen LogP contribution in [0.4, 0.5) is 5.69 Å². The van der Waals surface area contributed by atoms with Crippen molar-refractivity contribution in [2.75, 3.05) is 12.3 Å². The predicted octanol–water partition coefficient (Wildman–Crippen LogP) is 1.72. The van der Waals surface area contributed by atoms with Crippen molar-refractivity contribution in [3.63, 3.8) is 0 Å². The first-order valence-corrected chi connectivity index (χ1v) is 4.79. The van der Waals surface area contributed by atoms with Crippen molar-refractivity contribution in [3.05, 3.63) is 29.3 Å². The average molecular weight is 192 g/mol. The lowest BCUT2D eigenvalue weighted by Crippen LogP contribution is -2.24. The van der Waals surface area contributed by atoms with Crippen LogP contribution in [0, 0.1) is 6.92 Å². The second-order valence-electron chi connectivity index (χ2n) is 3.33. The molecule has 0 fully saturated rings. The second kappa shape index (κ2) is 4.65. The highest BCUT2D eigenvalue weighted by Crippen LogP contribution is 2.11. The van der Waals surface area contributed by atoms with Gasteiger partial charge in [0, 0.05) is 17.8 Å². The standard InChI is InChI=1S/C11H16N2O/c1-3-6-13-11(14)10-5-4-9(12)7-8(10)2/h4-5,7H,3,6,12H2,1-2H3,(H,13,14). The summed E-state index contributed by atoms with van der Waals surface area (Å²) >= 11 is 0. The molecule has 1 amide bonds. The molecule has 14 heavy (non-hydrogen) atoms. The van der Waals surface area contributed by atoms with E-state index in [2.05, 4.69) is 5.32 Å². The highest BCUT2D eigenvalue weighted by molar-refractivity contribution is 5.95. The summed E-state index contributed by atoms with van der Waals surface area (Å²) in [6.07, 6.45) is 0.944. The Bertz CT molecular complexity index is 334. The number of benzene rings is 1. The molecular weight excluding hydrogens is 176 g/mol. The van der Waals surface area contributed by atoms with Gasteiger partial charge < -0.3 is 11.1 Å². The van der Waals surface area contributed by atoms with Crippen molar-refractivity contribution in [1.82, 2.24) is 5.32 Å². The molecule has 0 atom stereocenters. The zero-order valence-corrected chi connectivity index (χ0v) is 8.63. The lowest BCUT2D eigenvalue weighted by Gasteiger charge is -2.06. The fraction of sp³-hybridized carbons (Fsp3) is 0.364. The fourth-order valence-electron chi connectivity index (χ4n) is 1.28. The smallest absolute Gasteiger partial charge is 0.251 e. The Morgan fingerprint density at radius 1 is 1.50 bits per heavy atom. The molecule has 1 rings (SSSR count). The highest BCUT2D eigenvalue weighted by Gasteiger charge is 2.07. The zero-order valence-electron chi connectivity index (χ0n) is 8.63. The lowest BCUT2D eigenvalue weighted by atomic mass is 10.1. The second-order valence-corrected chi connectivity index (χ2v) is 3.33. The van der Waals surface area contributed by atoms with E-state index in [1.807, 2.05) is 13.8 Å². The van der Waals surface area contributed by atoms with Gasteiger partial charge in [-0.25, -0.2) is 0 Å². The van der Waals surface area contributed by atoms with Gasteiger partial charge >= 0.3 is 0 Å². The van der Waals surface area contributed by atoms with Crippen LogP contribution in [0.25, 0.3) is 0 Å².